The average Bonchev–Trinajstić information content (AvgIpc) is 3.33. The summed E-state index contributed by atoms with van der Waals surface area (Å²) in [6.45, 7) is 7.31. The summed E-state index contributed by atoms with van der Waals surface area (Å²) >= 11 is 5.90. The van der Waals surface area contributed by atoms with Crippen LogP contribution in [0.15, 0.2) is 47.9 Å². The van der Waals surface area contributed by atoms with Gasteiger partial charge in [-0.3, -0.25) is 19.2 Å². The van der Waals surface area contributed by atoms with Crippen molar-refractivity contribution < 1.29 is 54.9 Å². The van der Waals surface area contributed by atoms with Crippen molar-refractivity contribution in [2.24, 2.45) is 7.05 Å². The Morgan fingerprint density at radius 1 is 0.962 bits per heavy atom. The first-order valence-corrected chi connectivity index (χ1v) is 16.7. The van der Waals surface area contributed by atoms with Crippen LogP contribution in [0, 0.1) is 0 Å². The molecule has 0 unspecified atom stereocenters. The molecule has 0 spiro atoms. The highest BCUT2D eigenvalue weighted by Crippen LogP contribution is 2.43. The Hall–Kier alpha value is -4.47. The lowest BCUT2D eigenvalue weighted by atomic mass is 9.96. The molecule has 1 aromatic carbocycles. The molecule has 2 heterocycles. The lowest BCUT2D eigenvalue weighted by Gasteiger charge is -2.35. The van der Waals surface area contributed by atoms with Crippen LogP contribution < -0.4 is 0 Å². The maximum absolute atomic E-state index is 14.0. The quantitative estimate of drug-likeness (QED) is 0.137. The second kappa shape index (κ2) is 16.0. The Morgan fingerprint density at radius 3 is 2.27 bits per heavy atom. The molecular formula is C35H39ClF6N4O6. The summed E-state index contributed by atoms with van der Waals surface area (Å²) in [7, 11) is 1.25. The third-order valence-corrected chi connectivity index (χ3v) is 8.23. The molecule has 2 aliphatic rings. The molecule has 17 heteroatoms. The minimum Gasteiger partial charge on any atom is -0.493 e. The zero-order chi connectivity index (χ0) is 38.6. The molecule has 1 saturated heterocycles. The molecule has 52 heavy (non-hydrogen) atoms. The topological polar surface area (TPSA) is 103 Å². The normalized spacial score (nSPS) is 16.0. The smallest absolute Gasteiger partial charge is 0.435 e. The van der Waals surface area contributed by atoms with Crippen LogP contribution >= 0.6 is 11.6 Å². The molecule has 0 radical (unpaired) electrons. The van der Waals surface area contributed by atoms with Gasteiger partial charge in [-0.05, 0) is 76.3 Å². The zero-order valence-corrected chi connectivity index (χ0v) is 30.0. The third-order valence-electron chi connectivity index (χ3n) is 7.90. The van der Waals surface area contributed by atoms with E-state index in [9.17, 15) is 40.7 Å². The third kappa shape index (κ3) is 10.3. The van der Waals surface area contributed by atoms with Gasteiger partial charge in [0.2, 0.25) is 5.91 Å². The molecular weight excluding hydrogens is 722 g/mol. The Bertz CT molecular complexity index is 1770. The Labute approximate surface area is 301 Å². The number of unbranched alkanes of at least 4 members (excludes halogenated alkanes) is 2. The molecule has 4 rings (SSSR count). The summed E-state index contributed by atoms with van der Waals surface area (Å²) in [6, 6.07) is 3.79. The number of halogens is 7. The molecule has 2 aromatic rings. The number of alkyl halides is 6. The number of aromatic nitrogens is 2. The van der Waals surface area contributed by atoms with E-state index < -0.39 is 46.3 Å². The molecule has 0 bridgehead atoms. The van der Waals surface area contributed by atoms with Crippen molar-refractivity contribution in [1.29, 1.82) is 0 Å². The van der Waals surface area contributed by atoms with E-state index in [-0.39, 0.29) is 59.4 Å². The Morgan fingerprint density at radius 2 is 1.67 bits per heavy atom. The lowest BCUT2D eigenvalue weighted by molar-refractivity contribution is -0.141. The minimum absolute atomic E-state index is 0.0227. The van der Waals surface area contributed by atoms with Crippen LogP contribution in [-0.2, 0) is 43.2 Å². The number of rotatable bonds is 10. The van der Waals surface area contributed by atoms with Gasteiger partial charge in [0.15, 0.2) is 11.5 Å². The fourth-order valence-corrected chi connectivity index (χ4v) is 5.77. The van der Waals surface area contributed by atoms with Gasteiger partial charge in [0, 0.05) is 39.2 Å². The molecule has 0 atom stereocenters. The number of allylic oxidation sites excluding steroid dienone is 4. The minimum atomic E-state index is -4.86. The Balaban J connectivity index is 1.55. The van der Waals surface area contributed by atoms with Crippen LogP contribution in [0.4, 0.5) is 31.1 Å². The molecule has 2 amide bonds. The predicted octanol–water partition coefficient (Wildman–Crippen LogP) is 8.02. The van der Waals surface area contributed by atoms with Crippen LogP contribution in [0.3, 0.4) is 0 Å². The van der Waals surface area contributed by atoms with E-state index >= 15 is 0 Å². The number of carbonyl (C=O) groups excluding carboxylic acids is 3. The van der Waals surface area contributed by atoms with Crippen LogP contribution in [0.25, 0.3) is 11.1 Å². The first-order chi connectivity index (χ1) is 24.2. The number of esters is 1. The number of hydrogen-bond donors (Lipinski definition) is 0. The van der Waals surface area contributed by atoms with Crippen molar-refractivity contribution >= 4 is 40.7 Å². The van der Waals surface area contributed by atoms with Gasteiger partial charge in [0.1, 0.15) is 17.9 Å². The second-order valence-electron chi connectivity index (χ2n) is 13.1. The van der Waals surface area contributed by atoms with Crippen molar-refractivity contribution in [3.8, 4) is 0 Å². The summed E-state index contributed by atoms with van der Waals surface area (Å²) < 4.78 is 101. The van der Waals surface area contributed by atoms with Crippen LogP contribution in [0.5, 0.6) is 0 Å². The first-order valence-electron chi connectivity index (χ1n) is 16.4. The molecule has 0 saturated carbocycles. The lowest BCUT2D eigenvalue weighted by Crippen LogP contribution is -2.53. The van der Waals surface area contributed by atoms with Gasteiger partial charge in [-0.1, -0.05) is 23.7 Å². The fourth-order valence-electron chi connectivity index (χ4n) is 5.55. The largest absolute Gasteiger partial charge is 0.493 e. The van der Waals surface area contributed by atoms with E-state index in [0.29, 0.717) is 38.9 Å². The van der Waals surface area contributed by atoms with Gasteiger partial charge in [-0.25, -0.2) is 4.79 Å². The maximum atomic E-state index is 14.0. The van der Waals surface area contributed by atoms with E-state index in [2.05, 4.69) is 5.10 Å². The van der Waals surface area contributed by atoms with Crippen LogP contribution in [0.2, 0.25) is 5.02 Å². The Kier molecular flexibility index (Phi) is 12.4. The molecule has 0 N–H and O–H groups in total. The monoisotopic (exact) mass is 760 g/mol. The summed E-state index contributed by atoms with van der Waals surface area (Å²) in [4.78, 5) is 40.4. The van der Waals surface area contributed by atoms with Gasteiger partial charge in [0.25, 0.3) is 0 Å². The van der Waals surface area contributed by atoms with E-state index in [4.69, 9.17) is 25.8 Å². The number of hydrogen-bond acceptors (Lipinski definition) is 7. The summed E-state index contributed by atoms with van der Waals surface area (Å²) in [5, 5.41) is 2.95. The highest BCUT2D eigenvalue weighted by molar-refractivity contribution is 6.31. The number of aryl methyl sites for hydroxylation is 1. The van der Waals surface area contributed by atoms with Gasteiger partial charge in [0.05, 0.1) is 28.5 Å². The van der Waals surface area contributed by atoms with Crippen LogP contribution in [-0.4, -0.2) is 75.9 Å². The van der Waals surface area contributed by atoms with Gasteiger partial charge in [-0.15, -0.1) is 0 Å². The van der Waals surface area contributed by atoms with Crippen molar-refractivity contribution in [3.63, 3.8) is 0 Å². The molecule has 1 aliphatic carbocycles. The van der Waals surface area contributed by atoms with Gasteiger partial charge < -0.3 is 19.1 Å². The first kappa shape index (κ1) is 40.3. The van der Waals surface area contributed by atoms with Crippen LogP contribution in [0.1, 0.15) is 75.9 Å². The van der Waals surface area contributed by atoms with E-state index in [1.165, 1.54) is 30.2 Å². The predicted molar refractivity (Wildman–Crippen MR) is 178 cm³/mol. The van der Waals surface area contributed by atoms with Crippen molar-refractivity contribution in [2.45, 2.75) is 71.3 Å². The van der Waals surface area contributed by atoms with Gasteiger partial charge in [-0.2, -0.15) is 31.4 Å². The average molecular weight is 761 g/mol. The highest BCUT2D eigenvalue weighted by atomic mass is 35.5. The number of ether oxygens (including phenoxy) is 3. The molecule has 284 valence electrons. The summed E-state index contributed by atoms with van der Waals surface area (Å²) in [6.07, 6.45) is -5.57. The van der Waals surface area contributed by atoms with E-state index in [1.807, 2.05) is 0 Å². The van der Waals surface area contributed by atoms with E-state index in [1.54, 1.807) is 25.7 Å². The van der Waals surface area contributed by atoms with Crippen molar-refractivity contribution in [1.82, 2.24) is 19.6 Å². The molecule has 1 aliphatic heterocycles. The second-order valence-corrected chi connectivity index (χ2v) is 13.5. The SMILES string of the molecule is CC(=O)OC1=C(c2ccc(Cl)c(C(F)(F)F)c2)C(OCCCCCN2CCN(C(=O)OC(C)(C)C)CC2=O)=CCC=C1c1cc(C(F)(F)F)nn1C. The van der Waals surface area contributed by atoms with Crippen molar-refractivity contribution in [2.75, 3.05) is 32.8 Å². The zero-order valence-electron chi connectivity index (χ0n) is 29.2. The number of amides is 2. The number of carbonyl (C=O) groups is 3. The fraction of sp³-hybridized carbons (Fsp3) is 0.486. The summed E-state index contributed by atoms with van der Waals surface area (Å²) in [5.41, 5.74) is -3.45. The van der Waals surface area contributed by atoms with Gasteiger partial charge >= 0.3 is 24.4 Å². The standard InChI is InChI=1S/C35H39ClF6N4O6/c1-21(47)51-31-23(26-19-28(35(40,41)42)43-44(26)5)10-9-11-27(30(31)22-12-13-25(36)24(18-22)34(37,38)39)50-17-8-6-7-14-45-15-16-46(20-29(45)48)32(49)52-33(2,3)4/h10-13,18-19H,6-9,14-17,20H2,1-5H3. The van der Waals surface area contributed by atoms with Crippen molar-refractivity contribution in [3.05, 3.63) is 75.5 Å². The number of piperazine rings is 1. The molecule has 1 fully saturated rings. The highest BCUT2D eigenvalue weighted by Gasteiger charge is 2.38. The molecule has 1 aromatic heterocycles. The molecule has 10 nitrogen and oxygen atoms in total. The maximum Gasteiger partial charge on any atom is 0.435 e. The number of benzene rings is 1. The summed E-state index contributed by atoms with van der Waals surface area (Å²) in [5.74, 6) is -1.40. The number of nitrogens with zero attached hydrogens (tertiary/aromatic N) is 4. The van der Waals surface area contributed by atoms with E-state index in [0.717, 1.165) is 29.8 Å².